The van der Waals surface area contributed by atoms with Crippen LogP contribution < -0.4 is 15.7 Å². The number of carbonyl (C=O) groups is 1. The summed E-state index contributed by atoms with van der Waals surface area (Å²) in [5.74, 6) is 0.909. The lowest BCUT2D eigenvalue weighted by Crippen LogP contribution is -2.28. The van der Waals surface area contributed by atoms with E-state index in [-0.39, 0.29) is 11.6 Å². The Morgan fingerprint density at radius 2 is 2.00 bits per heavy atom. The van der Waals surface area contributed by atoms with Gasteiger partial charge in [-0.15, -0.1) is 0 Å². The van der Waals surface area contributed by atoms with Crippen LogP contribution in [-0.4, -0.2) is 29.5 Å². The number of hydrogen-bond acceptors (Lipinski definition) is 4. The maximum Gasteiger partial charge on any atom is 0.346 e. The number of amides is 1. The van der Waals surface area contributed by atoms with Gasteiger partial charge in [0.1, 0.15) is 11.4 Å². The Hall–Kier alpha value is -2.63. The minimum absolute atomic E-state index is 0.208. The molecule has 1 aromatic carbocycles. The van der Waals surface area contributed by atoms with E-state index in [1.54, 1.807) is 37.4 Å². The molecule has 2 N–H and O–H groups in total. The van der Waals surface area contributed by atoms with Gasteiger partial charge in [-0.3, -0.25) is 4.79 Å². The SMILES string of the molecule is COc1ccc(-c2cc(C(=O)NCCC(C)C)[nH]c(=O)n2)cc1. The maximum absolute atomic E-state index is 12.1. The maximum atomic E-state index is 12.1. The Morgan fingerprint density at radius 1 is 1.30 bits per heavy atom. The smallest absolute Gasteiger partial charge is 0.346 e. The van der Waals surface area contributed by atoms with Gasteiger partial charge in [0.2, 0.25) is 0 Å². The molecule has 0 unspecified atom stereocenters. The fourth-order valence-electron chi connectivity index (χ4n) is 2.06. The zero-order chi connectivity index (χ0) is 16.8. The van der Waals surface area contributed by atoms with Crippen molar-refractivity contribution in [3.8, 4) is 17.0 Å². The summed E-state index contributed by atoms with van der Waals surface area (Å²) in [5, 5.41) is 2.80. The minimum Gasteiger partial charge on any atom is -0.497 e. The van der Waals surface area contributed by atoms with E-state index in [0.29, 0.717) is 23.9 Å². The number of nitrogens with one attached hydrogen (secondary N) is 2. The van der Waals surface area contributed by atoms with Crippen LogP contribution in [-0.2, 0) is 0 Å². The molecule has 23 heavy (non-hydrogen) atoms. The predicted molar refractivity (Wildman–Crippen MR) is 88.6 cm³/mol. The van der Waals surface area contributed by atoms with Crippen LogP contribution in [0.15, 0.2) is 35.1 Å². The molecule has 0 radical (unpaired) electrons. The summed E-state index contributed by atoms with van der Waals surface area (Å²) in [6.45, 7) is 4.74. The van der Waals surface area contributed by atoms with Crippen LogP contribution >= 0.6 is 0 Å². The third kappa shape index (κ3) is 4.67. The van der Waals surface area contributed by atoms with Crippen molar-refractivity contribution >= 4 is 5.91 Å². The lowest BCUT2D eigenvalue weighted by atomic mass is 10.1. The quantitative estimate of drug-likeness (QED) is 0.856. The first-order chi connectivity index (χ1) is 11.0. The molecule has 1 amide bonds. The zero-order valence-electron chi connectivity index (χ0n) is 13.6. The van der Waals surface area contributed by atoms with E-state index in [0.717, 1.165) is 12.0 Å². The highest BCUT2D eigenvalue weighted by atomic mass is 16.5. The number of ether oxygens (including phenoxy) is 1. The Kier molecular flexibility index (Phi) is 5.51. The van der Waals surface area contributed by atoms with Crippen LogP contribution in [0.3, 0.4) is 0 Å². The molecule has 0 aliphatic rings. The number of nitrogens with zero attached hydrogens (tertiary/aromatic N) is 1. The second-order valence-electron chi connectivity index (χ2n) is 5.65. The van der Waals surface area contributed by atoms with E-state index in [2.05, 4.69) is 29.1 Å². The van der Waals surface area contributed by atoms with Crippen molar-refractivity contribution in [3.63, 3.8) is 0 Å². The summed E-state index contributed by atoms with van der Waals surface area (Å²) < 4.78 is 5.10. The van der Waals surface area contributed by atoms with E-state index in [1.165, 1.54) is 0 Å². The molecule has 0 spiro atoms. The van der Waals surface area contributed by atoms with E-state index in [9.17, 15) is 9.59 Å². The fourth-order valence-corrected chi connectivity index (χ4v) is 2.06. The molecule has 0 aliphatic heterocycles. The van der Waals surface area contributed by atoms with Crippen molar-refractivity contribution in [2.75, 3.05) is 13.7 Å². The van der Waals surface area contributed by atoms with Crippen LogP contribution in [0.4, 0.5) is 0 Å². The van der Waals surface area contributed by atoms with Gasteiger partial charge in [-0.05, 0) is 42.7 Å². The highest BCUT2D eigenvalue weighted by Gasteiger charge is 2.10. The summed E-state index contributed by atoms with van der Waals surface area (Å²) in [4.78, 5) is 30.2. The van der Waals surface area contributed by atoms with E-state index < -0.39 is 5.69 Å². The standard InChI is InChI=1S/C17H21N3O3/c1-11(2)8-9-18-16(21)15-10-14(19-17(22)20-15)12-4-6-13(23-3)7-5-12/h4-7,10-11H,8-9H2,1-3H3,(H,18,21)(H,19,20,22). The number of rotatable bonds is 6. The van der Waals surface area contributed by atoms with Crippen LogP contribution in [0.5, 0.6) is 5.75 Å². The molecule has 122 valence electrons. The van der Waals surface area contributed by atoms with Crippen LogP contribution in [0.1, 0.15) is 30.8 Å². The number of hydrogen-bond donors (Lipinski definition) is 2. The lowest BCUT2D eigenvalue weighted by Gasteiger charge is -2.08. The molecule has 0 saturated carbocycles. The normalized spacial score (nSPS) is 10.6. The molecule has 0 atom stereocenters. The molecule has 2 aromatic rings. The molecule has 1 heterocycles. The molecule has 1 aromatic heterocycles. The summed E-state index contributed by atoms with van der Waals surface area (Å²) in [6.07, 6.45) is 0.881. The van der Waals surface area contributed by atoms with Crippen molar-refractivity contribution in [2.24, 2.45) is 5.92 Å². The summed E-state index contributed by atoms with van der Waals surface area (Å²) in [7, 11) is 1.58. The predicted octanol–water partition coefficient (Wildman–Crippen LogP) is 2.22. The Balaban J connectivity index is 2.21. The summed E-state index contributed by atoms with van der Waals surface area (Å²) >= 11 is 0. The van der Waals surface area contributed by atoms with E-state index >= 15 is 0 Å². The average Bonchev–Trinajstić information content (AvgIpc) is 2.54. The fraction of sp³-hybridized carbons (Fsp3) is 0.353. The van der Waals surface area contributed by atoms with Gasteiger partial charge in [0.05, 0.1) is 12.8 Å². The first-order valence-corrected chi connectivity index (χ1v) is 7.53. The highest BCUT2D eigenvalue weighted by Crippen LogP contribution is 2.20. The van der Waals surface area contributed by atoms with Gasteiger partial charge in [-0.25, -0.2) is 4.79 Å². The molecule has 0 saturated heterocycles. The first-order valence-electron chi connectivity index (χ1n) is 7.53. The molecule has 2 rings (SSSR count). The number of aromatic nitrogens is 2. The first kappa shape index (κ1) is 16.7. The molecule has 0 fully saturated rings. The van der Waals surface area contributed by atoms with Crippen molar-refractivity contribution in [3.05, 3.63) is 46.5 Å². The van der Waals surface area contributed by atoms with E-state index in [1.807, 2.05) is 0 Å². The van der Waals surface area contributed by atoms with Crippen LogP contribution in [0.2, 0.25) is 0 Å². The monoisotopic (exact) mass is 315 g/mol. The summed E-state index contributed by atoms with van der Waals surface area (Å²) in [6, 6.07) is 8.72. The number of H-pyrrole nitrogens is 1. The number of aromatic amines is 1. The van der Waals surface area contributed by atoms with Crippen molar-refractivity contribution in [1.29, 1.82) is 0 Å². The lowest BCUT2D eigenvalue weighted by molar-refractivity contribution is 0.0946. The van der Waals surface area contributed by atoms with Crippen molar-refractivity contribution in [1.82, 2.24) is 15.3 Å². The zero-order valence-corrected chi connectivity index (χ0v) is 13.6. The molecular formula is C17H21N3O3. The number of benzene rings is 1. The molecule has 6 heteroatoms. The molecule has 0 aliphatic carbocycles. The highest BCUT2D eigenvalue weighted by molar-refractivity contribution is 5.93. The van der Waals surface area contributed by atoms with Gasteiger partial charge in [0.15, 0.2) is 0 Å². The molecule has 6 nitrogen and oxygen atoms in total. The van der Waals surface area contributed by atoms with E-state index in [4.69, 9.17) is 4.74 Å². The Labute approximate surface area is 134 Å². The van der Waals surface area contributed by atoms with Gasteiger partial charge < -0.3 is 15.0 Å². The van der Waals surface area contributed by atoms with Gasteiger partial charge in [-0.1, -0.05) is 13.8 Å². The minimum atomic E-state index is -0.549. The topological polar surface area (TPSA) is 84.1 Å². The second-order valence-corrected chi connectivity index (χ2v) is 5.65. The summed E-state index contributed by atoms with van der Waals surface area (Å²) in [5.41, 5.74) is 0.852. The van der Waals surface area contributed by atoms with Gasteiger partial charge >= 0.3 is 5.69 Å². The third-order valence-electron chi connectivity index (χ3n) is 3.38. The van der Waals surface area contributed by atoms with Crippen LogP contribution in [0, 0.1) is 5.92 Å². The van der Waals surface area contributed by atoms with Gasteiger partial charge in [0.25, 0.3) is 5.91 Å². The van der Waals surface area contributed by atoms with Crippen LogP contribution in [0.25, 0.3) is 11.3 Å². The van der Waals surface area contributed by atoms with Gasteiger partial charge in [0, 0.05) is 12.1 Å². The second kappa shape index (κ2) is 7.58. The Morgan fingerprint density at radius 3 is 2.61 bits per heavy atom. The number of carbonyl (C=O) groups excluding carboxylic acids is 1. The largest absolute Gasteiger partial charge is 0.497 e. The van der Waals surface area contributed by atoms with Crippen molar-refractivity contribution < 1.29 is 9.53 Å². The Bertz CT molecular complexity index is 721. The molecular weight excluding hydrogens is 294 g/mol. The third-order valence-corrected chi connectivity index (χ3v) is 3.38. The molecule has 0 bridgehead atoms. The number of methoxy groups -OCH3 is 1. The average molecular weight is 315 g/mol. The van der Waals surface area contributed by atoms with Crippen molar-refractivity contribution in [2.45, 2.75) is 20.3 Å². The van der Waals surface area contributed by atoms with Gasteiger partial charge in [-0.2, -0.15) is 4.98 Å².